The highest BCUT2D eigenvalue weighted by Crippen LogP contribution is 2.24. The third-order valence-corrected chi connectivity index (χ3v) is 3.62. The van der Waals surface area contributed by atoms with Gasteiger partial charge in [0, 0.05) is 0 Å². The maximum Gasteiger partial charge on any atom is 0.335 e. The highest BCUT2D eigenvalue weighted by atomic mass is 16.7. The van der Waals surface area contributed by atoms with E-state index in [1.165, 1.54) is 0 Å². The van der Waals surface area contributed by atoms with Crippen LogP contribution in [0, 0.1) is 0 Å². The van der Waals surface area contributed by atoms with Crippen molar-refractivity contribution >= 4 is 5.97 Å². The van der Waals surface area contributed by atoms with E-state index in [9.17, 15) is 35.4 Å². The SMILES string of the molecule is O=C(O)[C@@H](O)[C@H](O)C(O[C@@H]1O[C@H](CO)[C@H](O)[C@H](O)[C@@H]1O)[C@H](O)CO. The van der Waals surface area contributed by atoms with E-state index in [0.717, 1.165) is 0 Å². The smallest absolute Gasteiger partial charge is 0.335 e. The molecular weight excluding hydrogens is 336 g/mol. The maximum absolute atomic E-state index is 10.7. The molecule has 12 heteroatoms. The molecule has 1 heterocycles. The van der Waals surface area contributed by atoms with E-state index in [0.29, 0.717) is 0 Å². The maximum atomic E-state index is 10.7. The van der Waals surface area contributed by atoms with Crippen LogP contribution in [0.4, 0.5) is 0 Å². The molecule has 1 rings (SSSR count). The first-order valence-corrected chi connectivity index (χ1v) is 6.99. The van der Waals surface area contributed by atoms with E-state index in [1.54, 1.807) is 0 Å². The molecule has 0 aliphatic carbocycles. The van der Waals surface area contributed by atoms with Crippen molar-refractivity contribution in [3.05, 3.63) is 0 Å². The Bertz CT molecular complexity index is 403. The Morgan fingerprint density at radius 3 is 2.08 bits per heavy atom. The molecule has 142 valence electrons. The number of ether oxygens (including phenoxy) is 2. The first kappa shape index (κ1) is 21.1. The van der Waals surface area contributed by atoms with Gasteiger partial charge in [-0.15, -0.1) is 0 Å². The van der Waals surface area contributed by atoms with Gasteiger partial charge in [-0.1, -0.05) is 0 Å². The van der Waals surface area contributed by atoms with Crippen molar-refractivity contribution in [2.24, 2.45) is 0 Å². The summed E-state index contributed by atoms with van der Waals surface area (Å²) in [5.74, 6) is -1.84. The van der Waals surface area contributed by atoms with Gasteiger partial charge in [-0.05, 0) is 0 Å². The van der Waals surface area contributed by atoms with Gasteiger partial charge < -0.3 is 55.4 Å². The summed E-state index contributed by atoms with van der Waals surface area (Å²) >= 11 is 0. The summed E-state index contributed by atoms with van der Waals surface area (Å²) in [6.45, 7) is -1.76. The fourth-order valence-corrected chi connectivity index (χ4v) is 2.16. The molecular formula is C12H22O12. The standard InChI is InChI=1S/C12H22O12/c13-1-3(15)10(7(18)8(19)11(21)22)24-12-9(20)6(17)5(16)4(2-14)23-12/h3-10,12-20H,1-2H2,(H,21,22)/t3-,4-,5+,6+,7+,8+,9+,10?,12+/m1/s1. The third-order valence-electron chi connectivity index (χ3n) is 3.62. The molecule has 12 nitrogen and oxygen atoms in total. The van der Waals surface area contributed by atoms with Crippen LogP contribution < -0.4 is 0 Å². The molecule has 0 amide bonds. The van der Waals surface area contributed by atoms with E-state index < -0.39 is 74.3 Å². The second kappa shape index (κ2) is 8.96. The summed E-state index contributed by atoms with van der Waals surface area (Å²) in [5, 5.41) is 84.5. The van der Waals surface area contributed by atoms with Gasteiger partial charge in [0.25, 0.3) is 0 Å². The fourth-order valence-electron chi connectivity index (χ4n) is 2.16. The van der Waals surface area contributed by atoms with Gasteiger partial charge in [0.2, 0.25) is 0 Å². The van der Waals surface area contributed by atoms with Crippen LogP contribution in [-0.2, 0) is 14.3 Å². The molecule has 0 radical (unpaired) electrons. The van der Waals surface area contributed by atoms with Gasteiger partial charge in [-0.3, -0.25) is 0 Å². The van der Waals surface area contributed by atoms with Crippen molar-refractivity contribution in [2.45, 2.75) is 55.1 Å². The first-order valence-electron chi connectivity index (χ1n) is 6.99. The monoisotopic (exact) mass is 358 g/mol. The van der Waals surface area contributed by atoms with Crippen molar-refractivity contribution in [1.82, 2.24) is 0 Å². The quantitative estimate of drug-likeness (QED) is 0.198. The number of carboxylic acids is 1. The van der Waals surface area contributed by atoms with Crippen LogP contribution in [0.15, 0.2) is 0 Å². The van der Waals surface area contributed by atoms with Crippen molar-refractivity contribution in [3.8, 4) is 0 Å². The lowest BCUT2D eigenvalue weighted by molar-refractivity contribution is -0.326. The molecule has 0 bridgehead atoms. The lowest BCUT2D eigenvalue weighted by Gasteiger charge is -2.42. The van der Waals surface area contributed by atoms with Gasteiger partial charge in [0.05, 0.1) is 13.2 Å². The van der Waals surface area contributed by atoms with Crippen molar-refractivity contribution < 1.29 is 60.2 Å². The Morgan fingerprint density at radius 1 is 1.04 bits per heavy atom. The minimum absolute atomic E-state index is 0.766. The Balaban J connectivity index is 2.94. The Hall–Kier alpha value is -0.930. The summed E-state index contributed by atoms with van der Waals surface area (Å²) < 4.78 is 9.98. The van der Waals surface area contributed by atoms with E-state index in [-0.39, 0.29) is 0 Å². The highest BCUT2D eigenvalue weighted by molar-refractivity contribution is 5.72. The topological polar surface area (TPSA) is 218 Å². The van der Waals surface area contributed by atoms with Gasteiger partial charge in [0.15, 0.2) is 12.4 Å². The fraction of sp³-hybridized carbons (Fsp3) is 0.917. The molecule has 24 heavy (non-hydrogen) atoms. The molecule has 0 aromatic rings. The zero-order chi connectivity index (χ0) is 18.6. The van der Waals surface area contributed by atoms with Crippen molar-refractivity contribution in [3.63, 3.8) is 0 Å². The number of hydrogen-bond acceptors (Lipinski definition) is 11. The molecule has 1 saturated heterocycles. The predicted molar refractivity (Wildman–Crippen MR) is 71.4 cm³/mol. The number of aliphatic hydroxyl groups excluding tert-OH is 8. The summed E-state index contributed by atoms with van der Waals surface area (Å²) in [7, 11) is 0. The minimum atomic E-state index is -2.39. The van der Waals surface area contributed by atoms with Gasteiger partial charge >= 0.3 is 5.97 Å². The van der Waals surface area contributed by atoms with Gasteiger partial charge in [-0.2, -0.15) is 0 Å². The number of hydrogen-bond donors (Lipinski definition) is 9. The summed E-state index contributed by atoms with van der Waals surface area (Å²) in [4.78, 5) is 10.7. The Morgan fingerprint density at radius 2 is 1.62 bits per heavy atom. The van der Waals surface area contributed by atoms with Crippen LogP contribution in [0.5, 0.6) is 0 Å². The normalized spacial score (nSPS) is 35.9. The average molecular weight is 358 g/mol. The number of aliphatic carboxylic acids is 1. The average Bonchev–Trinajstić information content (AvgIpc) is 2.57. The van der Waals surface area contributed by atoms with E-state index in [1.807, 2.05) is 0 Å². The van der Waals surface area contributed by atoms with Crippen LogP contribution in [0.2, 0.25) is 0 Å². The van der Waals surface area contributed by atoms with Crippen LogP contribution in [0.3, 0.4) is 0 Å². The van der Waals surface area contributed by atoms with Crippen LogP contribution in [0.1, 0.15) is 0 Å². The predicted octanol–water partition coefficient (Wildman–Crippen LogP) is -5.67. The van der Waals surface area contributed by atoms with Gasteiger partial charge in [0.1, 0.15) is 42.7 Å². The lowest BCUT2D eigenvalue weighted by atomic mass is 9.98. The molecule has 0 spiro atoms. The molecule has 1 fully saturated rings. The molecule has 0 saturated carbocycles. The van der Waals surface area contributed by atoms with Gasteiger partial charge in [-0.25, -0.2) is 4.79 Å². The zero-order valence-corrected chi connectivity index (χ0v) is 12.4. The molecule has 1 aliphatic heterocycles. The first-order chi connectivity index (χ1) is 11.1. The number of rotatable bonds is 8. The number of carboxylic acid groups (broad SMARTS) is 1. The molecule has 0 aromatic carbocycles. The summed E-state index contributed by atoms with van der Waals surface area (Å²) in [5.41, 5.74) is 0. The zero-order valence-electron chi connectivity index (χ0n) is 12.4. The minimum Gasteiger partial charge on any atom is -0.479 e. The number of aliphatic hydroxyl groups is 8. The van der Waals surface area contributed by atoms with Crippen LogP contribution in [0.25, 0.3) is 0 Å². The third kappa shape index (κ3) is 4.58. The lowest BCUT2D eigenvalue weighted by Crippen LogP contribution is -2.61. The Kier molecular flexibility index (Phi) is 7.88. The molecule has 1 unspecified atom stereocenters. The highest BCUT2D eigenvalue weighted by Gasteiger charge is 2.47. The van der Waals surface area contributed by atoms with E-state index >= 15 is 0 Å². The summed E-state index contributed by atoms with van der Waals surface area (Å²) in [6.07, 6.45) is -16.9. The van der Waals surface area contributed by atoms with E-state index in [4.69, 9.17) is 24.8 Å². The van der Waals surface area contributed by atoms with E-state index in [2.05, 4.69) is 0 Å². The largest absolute Gasteiger partial charge is 0.479 e. The molecule has 9 atom stereocenters. The molecule has 9 N–H and O–H groups in total. The molecule has 1 aliphatic rings. The number of carbonyl (C=O) groups is 1. The molecule has 0 aromatic heterocycles. The van der Waals surface area contributed by atoms with Crippen molar-refractivity contribution in [1.29, 1.82) is 0 Å². The van der Waals surface area contributed by atoms with Crippen LogP contribution >= 0.6 is 0 Å². The second-order valence-electron chi connectivity index (χ2n) is 5.32. The second-order valence-corrected chi connectivity index (χ2v) is 5.32. The Labute approximate surface area is 135 Å². The summed E-state index contributed by atoms with van der Waals surface area (Å²) in [6, 6.07) is 0. The van der Waals surface area contributed by atoms with Crippen LogP contribution in [-0.4, -0.2) is 120 Å². The van der Waals surface area contributed by atoms with Crippen molar-refractivity contribution in [2.75, 3.05) is 13.2 Å².